The van der Waals surface area contributed by atoms with Gasteiger partial charge in [0.15, 0.2) is 12.6 Å². The smallest absolute Gasteiger partial charge is 0.220 e. The van der Waals surface area contributed by atoms with Crippen LogP contribution in [0.25, 0.3) is 0 Å². The molecule has 14 nitrogen and oxygen atoms in total. The number of aliphatic hydroxyl groups excluding tert-OH is 8. The third kappa shape index (κ3) is 43.3. The van der Waals surface area contributed by atoms with E-state index in [0.717, 1.165) is 51.4 Å². The first-order valence-corrected chi connectivity index (χ1v) is 37.0. The molecule has 9 N–H and O–H groups in total. The van der Waals surface area contributed by atoms with Crippen LogP contribution in [0.3, 0.4) is 0 Å². The highest BCUT2D eigenvalue weighted by atomic mass is 16.7. The molecule has 0 bridgehead atoms. The van der Waals surface area contributed by atoms with E-state index in [-0.39, 0.29) is 18.9 Å². The Bertz CT molecular complexity index is 1720. The molecular formula is C75H137NO13. The number of hydrogen-bond donors (Lipinski definition) is 9. The number of ether oxygens (including phenoxy) is 4. The molecule has 0 radical (unpaired) electrons. The Morgan fingerprint density at radius 1 is 0.404 bits per heavy atom. The van der Waals surface area contributed by atoms with Gasteiger partial charge in [-0.25, -0.2) is 0 Å². The van der Waals surface area contributed by atoms with Gasteiger partial charge in [0, 0.05) is 6.42 Å². The lowest BCUT2D eigenvalue weighted by molar-refractivity contribution is -0.359. The summed E-state index contributed by atoms with van der Waals surface area (Å²) in [5, 5.41) is 87.5. The van der Waals surface area contributed by atoms with Crippen molar-refractivity contribution in [1.82, 2.24) is 5.32 Å². The van der Waals surface area contributed by atoms with Crippen LogP contribution in [0.1, 0.15) is 316 Å². The van der Waals surface area contributed by atoms with Crippen molar-refractivity contribution in [2.45, 2.75) is 389 Å². The van der Waals surface area contributed by atoms with Crippen molar-refractivity contribution in [3.8, 4) is 0 Å². The summed E-state index contributed by atoms with van der Waals surface area (Å²) in [5.74, 6) is -0.251. The van der Waals surface area contributed by atoms with Gasteiger partial charge in [-0.1, -0.05) is 299 Å². The molecule has 0 spiro atoms. The van der Waals surface area contributed by atoms with Gasteiger partial charge in [0.2, 0.25) is 5.91 Å². The molecule has 0 aliphatic carbocycles. The molecule has 520 valence electrons. The van der Waals surface area contributed by atoms with E-state index in [2.05, 4.69) is 67.8 Å². The Kier molecular flexibility index (Phi) is 55.3. The van der Waals surface area contributed by atoms with Crippen LogP contribution in [-0.2, 0) is 23.7 Å². The van der Waals surface area contributed by atoms with Crippen LogP contribution in [0.15, 0.2) is 60.8 Å². The van der Waals surface area contributed by atoms with Crippen molar-refractivity contribution < 1.29 is 64.6 Å². The summed E-state index contributed by atoms with van der Waals surface area (Å²) >= 11 is 0. The Labute approximate surface area is 543 Å². The predicted molar refractivity (Wildman–Crippen MR) is 364 cm³/mol. The second-order valence-corrected chi connectivity index (χ2v) is 26.1. The van der Waals surface area contributed by atoms with Crippen LogP contribution in [0, 0.1) is 0 Å². The van der Waals surface area contributed by atoms with Gasteiger partial charge in [0.25, 0.3) is 0 Å². The zero-order valence-corrected chi connectivity index (χ0v) is 56.7. The topological polar surface area (TPSA) is 228 Å². The van der Waals surface area contributed by atoms with Crippen LogP contribution in [-0.4, -0.2) is 140 Å². The molecule has 14 heteroatoms. The number of allylic oxidation sites excluding steroid dienone is 9. The summed E-state index contributed by atoms with van der Waals surface area (Å²) in [7, 11) is 0. The second-order valence-electron chi connectivity index (χ2n) is 26.1. The van der Waals surface area contributed by atoms with Crippen molar-refractivity contribution >= 4 is 5.91 Å². The van der Waals surface area contributed by atoms with E-state index in [4.69, 9.17) is 18.9 Å². The Balaban J connectivity index is 1.68. The highest BCUT2D eigenvalue weighted by Crippen LogP contribution is 2.30. The molecule has 89 heavy (non-hydrogen) atoms. The number of nitrogens with one attached hydrogen (secondary N) is 1. The third-order valence-corrected chi connectivity index (χ3v) is 17.9. The minimum absolute atomic E-state index is 0.251. The van der Waals surface area contributed by atoms with Crippen LogP contribution < -0.4 is 5.32 Å². The van der Waals surface area contributed by atoms with Crippen LogP contribution in [0.2, 0.25) is 0 Å². The molecule has 0 aromatic carbocycles. The standard InChI is InChI=1S/C75H137NO13/c1-3-5-7-9-11-13-15-17-19-21-23-25-27-29-30-31-32-33-35-36-38-40-42-44-46-48-50-52-54-56-58-64(79)63(62-86-74-72(85)70(83)73(66(61-78)88-74)89-75-71(84)69(82)68(81)65(60-77)87-75)76-67(80)59-57-55-53-51-49-47-45-43-41-39-37-34-28-26-24-22-20-18-16-14-12-10-8-6-4-2/h16,18,22,24,28,34,48,50,56,58,63-66,68-75,77-79,81-85H,3-15,17,19-21,23,25-27,29-33,35-47,49,51-55,57,59-62H2,1-2H3,(H,76,80)/b18-16-,24-22-,34-28-,50-48+,58-56+. The van der Waals surface area contributed by atoms with Crippen LogP contribution in [0.4, 0.5) is 0 Å². The number of unbranched alkanes of at least 4 members (excludes halogenated alkanes) is 40. The Morgan fingerprint density at radius 2 is 0.753 bits per heavy atom. The second kappa shape index (κ2) is 59.4. The van der Waals surface area contributed by atoms with Crippen molar-refractivity contribution in [3.05, 3.63) is 60.8 Å². The first-order valence-electron chi connectivity index (χ1n) is 37.0. The number of hydrogen-bond acceptors (Lipinski definition) is 13. The van der Waals surface area contributed by atoms with Crippen LogP contribution in [0.5, 0.6) is 0 Å². The van der Waals surface area contributed by atoms with Gasteiger partial charge in [-0.3, -0.25) is 4.79 Å². The van der Waals surface area contributed by atoms with Crippen molar-refractivity contribution in [2.75, 3.05) is 19.8 Å². The van der Waals surface area contributed by atoms with Gasteiger partial charge in [0.05, 0.1) is 32.0 Å². The molecule has 0 aromatic rings. The SMILES string of the molecule is CCCCCCC/C=C\C/C=C\C/C=C\CCCCCCCCCCCCC(=O)NC(COC1OC(CO)C(OC2OC(CO)C(O)C(O)C2O)C(O)C1O)C(O)/C=C/CC/C=C/CCCCCCCCCCCCCCCCCCCCCCCCCC. The van der Waals surface area contributed by atoms with E-state index < -0.39 is 86.8 Å². The molecule has 2 rings (SSSR count). The number of rotatable bonds is 61. The lowest BCUT2D eigenvalue weighted by Crippen LogP contribution is -2.65. The van der Waals surface area contributed by atoms with E-state index in [9.17, 15) is 45.6 Å². The summed E-state index contributed by atoms with van der Waals surface area (Å²) in [6.07, 6.45) is 62.8. The van der Waals surface area contributed by atoms with Gasteiger partial charge in [0.1, 0.15) is 48.8 Å². The molecule has 12 atom stereocenters. The average molecular weight is 1260 g/mol. The summed E-state index contributed by atoms with van der Waals surface area (Å²) in [4.78, 5) is 13.3. The molecule has 0 saturated carbocycles. The molecule has 2 fully saturated rings. The summed E-state index contributed by atoms with van der Waals surface area (Å²) in [5.41, 5.74) is 0. The van der Waals surface area contributed by atoms with Crippen LogP contribution >= 0.6 is 0 Å². The number of carbonyl (C=O) groups is 1. The van der Waals surface area contributed by atoms with Gasteiger partial charge >= 0.3 is 0 Å². The highest BCUT2D eigenvalue weighted by molar-refractivity contribution is 5.76. The highest BCUT2D eigenvalue weighted by Gasteiger charge is 2.51. The first-order chi connectivity index (χ1) is 43.6. The minimum Gasteiger partial charge on any atom is -0.394 e. The molecule has 0 aromatic heterocycles. The largest absolute Gasteiger partial charge is 0.394 e. The van der Waals surface area contributed by atoms with E-state index in [0.29, 0.717) is 12.8 Å². The molecule has 2 aliphatic heterocycles. The van der Waals surface area contributed by atoms with E-state index >= 15 is 0 Å². The van der Waals surface area contributed by atoms with Crippen molar-refractivity contribution in [1.29, 1.82) is 0 Å². The Morgan fingerprint density at radius 3 is 1.18 bits per heavy atom. The quantitative estimate of drug-likeness (QED) is 0.0204. The van der Waals surface area contributed by atoms with E-state index in [1.165, 1.54) is 231 Å². The lowest BCUT2D eigenvalue weighted by Gasteiger charge is -2.46. The molecule has 2 saturated heterocycles. The monoisotopic (exact) mass is 1260 g/mol. The van der Waals surface area contributed by atoms with Gasteiger partial charge in [-0.15, -0.1) is 0 Å². The predicted octanol–water partition coefficient (Wildman–Crippen LogP) is 15.6. The fourth-order valence-corrected chi connectivity index (χ4v) is 12.0. The molecule has 2 aliphatic rings. The van der Waals surface area contributed by atoms with E-state index in [1.807, 2.05) is 6.08 Å². The first kappa shape index (κ1) is 82.8. The molecule has 12 unspecified atom stereocenters. The normalized spacial score (nSPS) is 23.3. The van der Waals surface area contributed by atoms with Crippen molar-refractivity contribution in [2.24, 2.45) is 0 Å². The Hall–Kier alpha value is -2.31. The summed E-state index contributed by atoms with van der Waals surface area (Å²) in [6.45, 7) is 2.81. The summed E-state index contributed by atoms with van der Waals surface area (Å²) in [6, 6.07) is -0.938. The minimum atomic E-state index is -1.79. The summed E-state index contributed by atoms with van der Waals surface area (Å²) < 4.78 is 22.9. The fourth-order valence-electron chi connectivity index (χ4n) is 12.0. The number of aliphatic hydroxyl groups is 8. The maximum Gasteiger partial charge on any atom is 0.220 e. The van der Waals surface area contributed by atoms with Gasteiger partial charge in [-0.2, -0.15) is 0 Å². The molecule has 2 heterocycles. The fraction of sp³-hybridized carbons (Fsp3) is 0.853. The molecule has 1 amide bonds. The average Bonchev–Trinajstić information content (AvgIpc) is 1.37. The number of amides is 1. The number of carbonyl (C=O) groups excluding carboxylic acids is 1. The van der Waals surface area contributed by atoms with Crippen molar-refractivity contribution in [3.63, 3.8) is 0 Å². The van der Waals surface area contributed by atoms with Gasteiger partial charge < -0.3 is 65.1 Å². The maximum atomic E-state index is 13.3. The van der Waals surface area contributed by atoms with E-state index in [1.54, 1.807) is 6.08 Å². The zero-order chi connectivity index (χ0) is 64.5. The third-order valence-electron chi connectivity index (χ3n) is 17.9. The van der Waals surface area contributed by atoms with Gasteiger partial charge in [-0.05, 0) is 70.6 Å². The lowest BCUT2D eigenvalue weighted by atomic mass is 9.97. The maximum absolute atomic E-state index is 13.3. The zero-order valence-electron chi connectivity index (χ0n) is 56.7. The molecular weight excluding hydrogens is 1120 g/mol.